The fourth-order valence-electron chi connectivity index (χ4n) is 4.06. The maximum atomic E-state index is 15.3. The first-order valence-electron chi connectivity index (χ1n) is 11.0. The molecule has 0 aliphatic carbocycles. The van der Waals surface area contributed by atoms with Crippen molar-refractivity contribution in [3.63, 3.8) is 0 Å². The number of nitrogens with zero attached hydrogens (tertiary/aromatic N) is 4. The molecular formula is C25H26F3N5O2. The van der Waals surface area contributed by atoms with E-state index in [0.717, 1.165) is 19.9 Å². The zero-order chi connectivity index (χ0) is 25.9. The maximum Gasteiger partial charge on any atom is 0.303 e. The molecule has 0 saturated carbocycles. The Kier molecular flexibility index (Phi) is 5.83. The number of alkyl halides is 2. The van der Waals surface area contributed by atoms with E-state index in [4.69, 9.17) is 0 Å². The average molecular weight is 486 g/mol. The van der Waals surface area contributed by atoms with Gasteiger partial charge in [-0.25, -0.2) is 19.3 Å². The summed E-state index contributed by atoms with van der Waals surface area (Å²) in [5.74, 6) is -4.12. The van der Waals surface area contributed by atoms with Crippen LogP contribution in [0.15, 0.2) is 35.1 Å². The van der Waals surface area contributed by atoms with Crippen molar-refractivity contribution in [2.45, 2.75) is 52.2 Å². The highest BCUT2D eigenvalue weighted by Gasteiger charge is 2.49. The van der Waals surface area contributed by atoms with Gasteiger partial charge in [0.05, 0.1) is 28.2 Å². The molecule has 7 nitrogen and oxygen atoms in total. The Morgan fingerprint density at radius 1 is 1.09 bits per heavy atom. The lowest BCUT2D eigenvalue weighted by molar-refractivity contribution is -0.170. The third-order valence-corrected chi connectivity index (χ3v) is 6.12. The first-order chi connectivity index (χ1) is 16.2. The van der Waals surface area contributed by atoms with Crippen LogP contribution in [0.2, 0.25) is 0 Å². The number of fused-ring (bicyclic) bond motifs is 2. The molecule has 35 heavy (non-hydrogen) atoms. The molecule has 0 radical (unpaired) electrons. The SMILES string of the molecule is Cc1nc(N[C@H](C)c2cccc(C(F)(F)C(C)(C)O)c2F)c2cc3c(cc2n1)nc(C)c(=O)n3C. The molecule has 10 heteroatoms. The Morgan fingerprint density at radius 2 is 1.77 bits per heavy atom. The minimum Gasteiger partial charge on any atom is -0.384 e. The number of nitrogens with one attached hydrogen (secondary N) is 1. The number of aliphatic hydroxyl groups is 1. The summed E-state index contributed by atoms with van der Waals surface area (Å²) in [4.78, 5) is 25.6. The molecule has 4 aromatic rings. The molecule has 1 atom stereocenters. The number of halogens is 3. The molecule has 4 rings (SSSR count). The van der Waals surface area contributed by atoms with Crippen molar-refractivity contribution in [2.75, 3.05) is 5.32 Å². The molecular weight excluding hydrogens is 459 g/mol. The van der Waals surface area contributed by atoms with E-state index < -0.39 is 28.9 Å². The minimum atomic E-state index is -3.81. The lowest BCUT2D eigenvalue weighted by Gasteiger charge is -2.30. The monoisotopic (exact) mass is 485 g/mol. The predicted octanol–water partition coefficient (Wildman–Crippen LogP) is 4.67. The van der Waals surface area contributed by atoms with Crippen LogP contribution in [-0.4, -0.2) is 30.2 Å². The van der Waals surface area contributed by atoms with Crippen LogP contribution in [0.4, 0.5) is 19.0 Å². The van der Waals surface area contributed by atoms with E-state index in [1.807, 2.05) is 0 Å². The Bertz CT molecular complexity index is 1530. The molecule has 0 aliphatic rings. The molecule has 0 fully saturated rings. The second-order valence-electron chi connectivity index (χ2n) is 9.25. The zero-order valence-corrected chi connectivity index (χ0v) is 20.2. The van der Waals surface area contributed by atoms with Crippen LogP contribution in [0.25, 0.3) is 21.9 Å². The third-order valence-electron chi connectivity index (χ3n) is 6.12. The Morgan fingerprint density at radius 3 is 2.43 bits per heavy atom. The molecule has 2 heterocycles. The van der Waals surface area contributed by atoms with Gasteiger partial charge in [0.2, 0.25) is 0 Å². The number of hydrogen-bond acceptors (Lipinski definition) is 6. The van der Waals surface area contributed by atoms with E-state index >= 15 is 4.39 Å². The first kappa shape index (κ1) is 24.6. The van der Waals surface area contributed by atoms with E-state index in [1.165, 1.54) is 16.7 Å². The Hall–Kier alpha value is -3.53. The standard InChI is InChI=1S/C25H26F3N5O2/c1-12(15-8-7-9-17(21(15)26)25(27,28)24(4,5)35)30-22-16-10-20-19(11-18(16)31-14(3)32-22)29-13(2)23(34)33(20)6/h7-12,35H,1-6H3,(H,30,31,32)/t12-/m1/s1. The minimum absolute atomic E-state index is 0.0127. The van der Waals surface area contributed by atoms with Crippen molar-refractivity contribution in [3.05, 3.63) is 69.1 Å². The van der Waals surface area contributed by atoms with Gasteiger partial charge >= 0.3 is 5.92 Å². The summed E-state index contributed by atoms with van der Waals surface area (Å²) >= 11 is 0. The van der Waals surface area contributed by atoms with Crippen LogP contribution in [0.1, 0.15) is 49.5 Å². The zero-order valence-electron chi connectivity index (χ0n) is 20.2. The van der Waals surface area contributed by atoms with Gasteiger partial charge in [0.25, 0.3) is 5.56 Å². The molecule has 2 N–H and O–H groups in total. The van der Waals surface area contributed by atoms with Crippen LogP contribution >= 0.6 is 0 Å². The molecule has 0 saturated heterocycles. The lowest BCUT2D eigenvalue weighted by Crippen LogP contribution is -2.41. The highest BCUT2D eigenvalue weighted by molar-refractivity contribution is 5.98. The second-order valence-corrected chi connectivity index (χ2v) is 9.25. The van der Waals surface area contributed by atoms with E-state index in [-0.39, 0.29) is 11.1 Å². The van der Waals surface area contributed by atoms with Gasteiger partial charge in [0.15, 0.2) is 0 Å². The first-order valence-corrected chi connectivity index (χ1v) is 11.0. The maximum absolute atomic E-state index is 15.3. The number of aryl methyl sites for hydroxylation is 3. The van der Waals surface area contributed by atoms with Crippen molar-refractivity contribution in [1.82, 2.24) is 19.5 Å². The average Bonchev–Trinajstić information content (AvgIpc) is 2.75. The summed E-state index contributed by atoms with van der Waals surface area (Å²) in [6.07, 6.45) is 0. The normalized spacial score (nSPS) is 13.4. The van der Waals surface area contributed by atoms with Crippen LogP contribution in [0.3, 0.4) is 0 Å². The third kappa shape index (κ3) is 4.12. The number of anilines is 1. The van der Waals surface area contributed by atoms with Crippen LogP contribution in [-0.2, 0) is 13.0 Å². The van der Waals surface area contributed by atoms with E-state index in [9.17, 15) is 18.7 Å². The smallest absolute Gasteiger partial charge is 0.303 e. The Labute approximate surface area is 199 Å². The van der Waals surface area contributed by atoms with Gasteiger partial charge in [-0.3, -0.25) is 4.79 Å². The second kappa shape index (κ2) is 8.30. The van der Waals surface area contributed by atoms with E-state index in [0.29, 0.717) is 39.3 Å². The van der Waals surface area contributed by atoms with Crippen molar-refractivity contribution in [3.8, 4) is 0 Å². The van der Waals surface area contributed by atoms with Gasteiger partial charge in [-0.15, -0.1) is 0 Å². The summed E-state index contributed by atoms with van der Waals surface area (Å²) in [5, 5.41) is 13.6. The highest BCUT2D eigenvalue weighted by atomic mass is 19.3. The van der Waals surface area contributed by atoms with Crippen LogP contribution < -0.4 is 10.9 Å². The lowest BCUT2D eigenvalue weighted by atomic mass is 9.91. The summed E-state index contributed by atoms with van der Waals surface area (Å²) < 4.78 is 46.2. The largest absolute Gasteiger partial charge is 0.384 e. The molecule has 2 aromatic carbocycles. The van der Waals surface area contributed by atoms with Gasteiger partial charge < -0.3 is 15.0 Å². The number of benzene rings is 2. The van der Waals surface area contributed by atoms with Gasteiger partial charge in [0, 0.05) is 18.0 Å². The fourth-order valence-corrected chi connectivity index (χ4v) is 4.06. The predicted molar refractivity (Wildman–Crippen MR) is 128 cm³/mol. The van der Waals surface area contributed by atoms with Crippen LogP contribution in [0.5, 0.6) is 0 Å². The number of hydrogen-bond donors (Lipinski definition) is 2. The molecule has 2 aromatic heterocycles. The van der Waals surface area contributed by atoms with E-state index in [2.05, 4.69) is 20.3 Å². The van der Waals surface area contributed by atoms with Gasteiger partial charge in [-0.05, 0) is 52.8 Å². The van der Waals surface area contributed by atoms with Crippen LogP contribution in [0, 0.1) is 19.7 Å². The van der Waals surface area contributed by atoms with Gasteiger partial charge in [0.1, 0.15) is 28.8 Å². The molecule has 0 amide bonds. The number of aromatic nitrogens is 4. The van der Waals surface area contributed by atoms with Crippen molar-refractivity contribution < 1.29 is 18.3 Å². The molecule has 0 aliphatic heterocycles. The van der Waals surface area contributed by atoms with E-state index in [1.54, 1.807) is 40.0 Å². The summed E-state index contributed by atoms with van der Waals surface area (Å²) in [6, 6.07) is 6.40. The van der Waals surface area contributed by atoms with Crippen molar-refractivity contribution >= 4 is 27.8 Å². The quantitative estimate of drug-likeness (QED) is 0.399. The Balaban J connectivity index is 1.83. The fraction of sp³-hybridized carbons (Fsp3) is 0.360. The molecule has 0 spiro atoms. The van der Waals surface area contributed by atoms with Crippen molar-refractivity contribution in [1.29, 1.82) is 0 Å². The molecule has 0 bridgehead atoms. The summed E-state index contributed by atoms with van der Waals surface area (Å²) in [7, 11) is 1.64. The molecule has 184 valence electrons. The molecule has 0 unspecified atom stereocenters. The topological polar surface area (TPSA) is 92.9 Å². The summed E-state index contributed by atoms with van der Waals surface area (Å²) in [6.45, 7) is 6.82. The highest BCUT2D eigenvalue weighted by Crippen LogP contribution is 2.41. The number of rotatable bonds is 5. The van der Waals surface area contributed by atoms with Gasteiger partial charge in [-0.2, -0.15) is 8.78 Å². The van der Waals surface area contributed by atoms with Gasteiger partial charge in [-0.1, -0.05) is 12.1 Å². The van der Waals surface area contributed by atoms with Crippen molar-refractivity contribution in [2.24, 2.45) is 7.05 Å². The summed E-state index contributed by atoms with van der Waals surface area (Å²) in [5.41, 5.74) is -1.52.